The smallest absolute Gasteiger partial charge is 0.232 e. The first-order valence-corrected chi connectivity index (χ1v) is 8.96. The van der Waals surface area contributed by atoms with E-state index in [1.54, 1.807) is 12.0 Å². The molecule has 2 amide bonds. The van der Waals surface area contributed by atoms with Crippen molar-refractivity contribution in [3.63, 3.8) is 0 Å². The van der Waals surface area contributed by atoms with Gasteiger partial charge in [-0.3, -0.25) is 9.59 Å². The van der Waals surface area contributed by atoms with E-state index in [1.165, 1.54) is 11.8 Å². The van der Waals surface area contributed by atoms with Crippen molar-refractivity contribution in [2.75, 3.05) is 31.7 Å². The van der Waals surface area contributed by atoms with E-state index < -0.39 is 0 Å². The van der Waals surface area contributed by atoms with Gasteiger partial charge in [0, 0.05) is 18.7 Å². The van der Waals surface area contributed by atoms with Crippen LogP contribution >= 0.6 is 11.8 Å². The average Bonchev–Trinajstić information content (AvgIpc) is 2.55. The molecule has 0 fully saturated rings. The first kappa shape index (κ1) is 19.4. The normalized spacial score (nSPS) is 11.7. The molecule has 0 aromatic heterocycles. The third-order valence-electron chi connectivity index (χ3n) is 3.56. The van der Waals surface area contributed by atoms with Crippen LogP contribution < -0.4 is 10.1 Å². The summed E-state index contributed by atoms with van der Waals surface area (Å²) in [6.45, 7) is 7.22. The molecule has 1 N–H and O–H groups in total. The highest BCUT2D eigenvalue weighted by atomic mass is 32.2. The van der Waals surface area contributed by atoms with E-state index in [-0.39, 0.29) is 23.6 Å². The summed E-state index contributed by atoms with van der Waals surface area (Å²) in [5.74, 6) is 1.35. The molecule has 0 radical (unpaired) electrons. The fraction of sp³-hybridized carbons (Fsp3) is 0.529. The van der Waals surface area contributed by atoms with Gasteiger partial charge < -0.3 is 15.0 Å². The van der Waals surface area contributed by atoms with Crippen molar-refractivity contribution in [1.29, 1.82) is 0 Å². The van der Waals surface area contributed by atoms with Gasteiger partial charge in [0.2, 0.25) is 11.8 Å². The quantitative estimate of drug-likeness (QED) is 0.751. The number of hydrogen-bond donors (Lipinski definition) is 1. The molecule has 1 unspecified atom stereocenters. The van der Waals surface area contributed by atoms with Crippen LogP contribution in [-0.4, -0.2) is 48.4 Å². The standard InChI is InChI=1S/C17H26N2O3S/c1-5-19(6-2)17(21)12-23-11-16(20)18-13(3)14-9-7-8-10-15(14)22-4/h7-10,13H,5-6,11-12H2,1-4H3,(H,18,20). The summed E-state index contributed by atoms with van der Waals surface area (Å²) in [7, 11) is 1.61. The summed E-state index contributed by atoms with van der Waals surface area (Å²) in [4.78, 5) is 25.7. The van der Waals surface area contributed by atoms with Gasteiger partial charge in [-0.05, 0) is 26.8 Å². The van der Waals surface area contributed by atoms with Crippen LogP contribution in [0.1, 0.15) is 32.4 Å². The van der Waals surface area contributed by atoms with E-state index in [2.05, 4.69) is 5.32 Å². The molecule has 128 valence electrons. The maximum atomic E-state index is 12.0. The summed E-state index contributed by atoms with van der Waals surface area (Å²) in [5, 5.41) is 2.94. The Bertz CT molecular complexity index is 518. The minimum atomic E-state index is -0.141. The van der Waals surface area contributed by atoms with Gasteiger partial charge in [0.15, 0.2) is 0 Å². The Labute approximate surface area is 142 Å². The highest BCUT2D eigenvalue weighted by Gasteiger charge is 2.15. The second-order valence-corrected chi connectivity index (χ2v) is 6.08. The van der Waals surface area contributed by atoms with Gasteiger partial charge in [0.05, 0.1) is 24.7 Å². The Hall–Kier alpha value is -1.69. The largest absolute Gasteiger partial charge is 0.496 e. The number of benzene rings is 1. The molecular weight excluding hydrogens is 312 g/mol. The lowest BCUT2D eigenvalue weighted by Crippen LogP contribution is -2.33. The molecule has 0 aliphatic rings. The Morgan fingerprint density at radius 3 is 2.48 bits per heavy atom. The average molecular weight is 338 g/mol. The molecule has 6 heteroatoms. The second kappa shape index (κ2) is 10.2. The number of nitrogens with zero attached hydrogens (tertiary/aromatic N) is 1. The number of ether oxygens (including phenoxy) is 1. The minimum absolute atomic E-state index is 0.0746. The zero-order valence-corrected chi connectivity index (χ0v) is 15.1. The first-order valence-electron chi connectivity index (χ1n) is 7.81. The second-order valence-electron chi connectivity index (χ2n) is 5.09. The van der Waals surface area contributed by atoms with Crippen LogP contribution in [0.3, 0.4) is 0 Å². The lowest BCUT2D eigenvalue weighted by molar-refractivity contribution is -0.127. The Morgan fingerprint density at radius 2 is 1.87 bits per heavy atom. The zero-order valence-electron chi connectivity index (χ0n) is 14.3. The van der Waals surface area contributed by atoms with Gasteiger partial charge in [-0.1, -0.05) is 18.2 Å². The Balaban J connectivity index is 2.43. The van der Waals surface area contributed by atoms with Crippen molar-refractivity contribution < 1.29 is 14.3 Å². The highest BCUT2D eigenvalue weighted by Crippen LogP contribution is 2.24. The van der Waals surface area contributed by atoms with Crippen LogP contribution in [-0.2, 0) is 9.59 Å². The number of para-hydroxylation sites is 1. The fourth-order valence-electron chi connectivity index (χ4n) is 2.28. The van der Waals surface area contributed by atoms with Crippen LogP contribution in [0.5, 0.6) is 5.75 Å². The van der Waals surface area contributed by atoms with Gasteiger partial charge >= 0.3 is 0 Å². The lowest BCUT2D eigenvalue weighted by atomic mass is 10.1. The number of rotatable bonds is 9. The molecule has 23 heavy (non-hydrogen) atoms. The highest BCUT2D eigenvalue weighted by molar-refractivity contribution is 8.00. The van der Waals surface area contributed by atoms with Gasteiger partial charge in [-0.25, -0.2) is 0 Å². The summed E-state index contributed by atoms with van der Waals surface area (Å²) >= 11 is 1.34. The fourth-order valence-corrected chi connectivity index (χ4v) is 3.01. The molecular formula is C17H26N2O3S. The van der Waals surface area contributed by atoms with Crippen molar-refractivity contribution in [1.82, 2.24) is 10.2 Å². The lowest BCUT2D eigenvalue weighted by Gasteiger charge is -2.19. The van der Waals surface area contributed by atoms with Crippen molar-refractivity contribution >= 4 is 23.6 Å². The van der Waals surface area contributed by atoms with E-state index >= 15 is 0 Å². The van der Waals surface area contributed by atoms with Crippen molar-refractivity contribution in [2.24, 2.45) is 0 Å². The van der Waals surface area contributed by atoms with E-state index in [1.807, 2.05) is 45.0 Å². The van der Waals surface area contributed by atoms with Gasteiger partial charge in [-0.15, -0.1) is 11.8 Å². The number of amides is 2. The zero-order chi connectivity index (χ0) is 17.2. The van der Waals surface area contributed by atoms with Crippen molar-refractivity contribution in [3.05, 3.63) is 29.8 Å². The van der Waals surface area contributed by atoms with Gasteiger partial charge in [0.1, 0.15) is 5.75 Å². The molecule has 0 saturated carbocycles. The van der Waals surface area contributed by atoms with Gasteiger partial charge in [0.25, 0.3) is 0 Å². The number of nitrogens with one attached hydrogen (secondary N) is 1. The van der Waals surface area contributed by atoms with E-state index in [0.717, 1.165) is 11.3 Å². The molecule has 0 spiro atoms. The van der Waals surface area contributed by atoms with Crippen LogP contribution in [0.4, 0.5) is 0 Å². The molecule has 0 bridgehead atoms. The number of carbonyl (C=O) groups excluding carboxylic acids is 2. The van der Waals surface area contributed by atoms with Crippen LogP contribution in [0.2, 0.25) is 0 Å². The molecule has 1 atom stereocenters. The van der Waals surface area contributed by atoms with Crippen molar-refractivity contribution in [3.8, 4) is 5.75 Å². The monoisotopic (exact) mass is 338 g/mol. The summed E-state index contributed by atoms with van der Waals surface area (Å²) in [6.07, 6.45) is 0. The number of thioether (sulfide) groups is 1. The first-order chi connectivity index (χ1) is 11.0. The number of hydrogen-bond acceptors (Lipinski definition) is 4. The third kappa shape index (κ3) is 6.14. The van der Waals surface area contributed by atoms with Crippen LogP contribution in [0, 0.1) is 0 Å². The number of carbonyl (C=O) groups is 2. The minimum Gasteiger partial charge on any atom is -0.496 e. The molecule has 0 heterocycles. The van der Waals surface area contributed by atoms with E-state index in [4.69, 9.17) is 4.74 Å². The summed E-state index contributed by atoms with van der Waals surface area (Å²) in [6, 6.07) is 7.47. The van der Waals surface area contributed by atoms with E-state index in [9.17, 15) is 9.59 Å². The molecule has 1 aromatic carbocycles. The molecule has 0 aliphatic heterocycles. The predicted octanol–water partition coefficient (Wildman–Crippen LogP) is 2.47. The molecule has 0 aliphatic carbocycles. The molecule has 1 aromatic rings. The Morgan fingerprint density at radius 1 is 1.22 bits per heavy atom. The Kier molecular flexibility index (Phi) is 8.55. The maximum Gasteiger partial charge on any atom is 0.232 e. The van der Waals surface area contributed by atoms with Crippen molar-refractivity contribution in [2.45, 2.75) is 26.8 Å². The van der Waals surface area contributed by atoms with Gasteiger partial charge in [-0.2, -0.15) is 0 Å². The molecule has 0 saturated heterocycles. The number of methoxy groups -OCH3 is 1. The summed E-state index contributed by atoms with van der Waals surface area (Å²) in [5.41, 5.74) is 0.938. The summed E-state index contributed by atoms with van der Waals surface area (Å²) < 4.78 is 5.31. The maximum absolute atomic E-state index is 12.0. The molecule has 1 rings (SSSR count). The SMILES string of the molecule is CCN(CC)C(=O)CSCC(=O)NC(C)c1ccccc1OC. The van der Waals surface area contributed by atoms with Crippen LogP contribution in [0.15, 0.2) is 24.3 Å². The predicted molar refractivity (Wildman–Crippen MR) is 94.8 cm³/mol. The molecule has 5 nitrogen and oxygen atoms in total. The third-order valence-corrected chi connectivity index (χ3v) is 4.48. The topological polar surface area (TPSA) is 58.6 Å². The van der Waals surface area contributed by atoms with Crippen LogP contribution in [0.25, 0.3) is 0 Å². The van der Waals surface area contributed by atoms with E-state index in [0.29, 0.717) is 18.8 Å².